The standard InChI is InChI=1S/C31H43F3N4OS/c1-30(2,3)24-9-13-27(14-10-24)37-20-6-18-36(21-22-37)17-5-8-29(39)38-19-4-7-26(23-38)35-25-11-15-28(16-12-25)40-31(32,33)34/h9-16,26,35H,4-8,17-23H2,1-3H3. The highest BCUT2D eigenvalue weighted by Crippen LogP contribution is 2.37. The van der Waals surface area contributed by atoms with Crippen LogP contribution in [0.25, 0.3) is 0 Å². The molecular weight excluding hydrogens is 533 g/mol. The number of nitrogens with one attached hydrogen (secondary N) is 1. The van der Waals surface area contributed by atoms with Gasteiger partial charge in [0.1, 0.15) is 0 Å². The number of hydrogen-bond acceptors (Lipinski definition) is 5. The molecule has 0 bridgehead atoms. The van der Waals surface area contributed by atoms with E-state index in [1.54, 1.807) is 12.1 Å². The molecule has 2 fully saturated rings. The molecule has 1 atom stereocenters. The molecule has 1 amide bonds. The number of benzene rings is 2. The van der Waals surface area contributed by atoms with Crippen molar-refractivity contribution in [1.29, 1.82) is 0 Å². The Morgan fingerprint density at radius 3 is 2.33 bits per heavy atom. The van der Waals surface area contributed by atoms with Gasteiger partial charge >= 0.3 is 5.51 Å². The number of halogens is 3. The molecule has 0 saturated carbocycles. The quantitative estimate of drug-likeness (QED) is 0.343. The first-order valence-corrected chi connectivity index (χ1v) is 15.3. The van der Waals surface area contributed by atoms with Crippen LogP contribution >= 0.6 is 11.8 Å². The molecule has 2 aliphatic rings. The van der Waals surface area contributed by atoms with Crippen molar-refractivity contribution in [3.05, 3.63) is 54.1 Å². The highest BCUT2D eigenvalue weighted by Gasteiger charge is 2.29. The Bertz CT molecular complexity index is 1090. The summed E-state index contributed by atoms with van der Waals surface area (Å²) in [5, 5.41) is 3.40. The normalized spacial score (nSPS) is 19.4. The van der Waals surface area contributed by atoms with Crippen LogP contribution in [0.3, 0.4) is 0 Å². The zero-order chi connectivity index (χ0) is 28.8. The Morgan fingerprint density at radius 1 is 0.925 bits per heavy atom. The molecule has 0 radical (unpaired) electrons. The predicted molar refractivity (Wildman–Crippen MR) is 159 cm³/mol. The number of likely N-dealkylation sites (tertiary alicyclic amines) is 1. The van der Waals surface area contributed by atoms with Gasteiger partial charge in [-0.1, -0.05) is 32.9 Å². The molecule has 1 unspecified atom stereocenters. The molecule has 220 valence electrons. The number of rotatable bonds is 8. The average Bonchev–Trinajstić information content (AvgIpc) is 3.14. The van der Waals surface area contributed by atoms with Gasteiger partial charge in [0.25, 0.3) is 0 Å². The first-order valence-electron chi connectivity index (χ1n) is 14.4. The van der Waals surface area contributed by atoms with Crippen LogP contribution in [0.2, 0.25) is 0 Å². The molecule has 4 rings (SSSR count). The van der Waals surface area contributed by atoms with Crippen molar-refractivity contribution in [2.24, 2.45) is 0 Å². The minimum absolute atomic E-state index is 0.105. The number of anilines is 2. The molecule has 0 aliphatic carbocycles. The minimum Gasteiger partial charge on any atom is -0.381 e. The molecule has 2 heterocycles. The summed E-state index contributed by atoms with van der Waals surface area (Å²) in [6, 6.07) is 15.4. The highest BCUT2D eigenvalue weighted by molar-refractivity contribution is 8.00. The van der Waals surface area contributed by atoms with Crippen LogP contribution in [0.15, 0.2) is 53.4 Å². The third-order valence-corrected chi connectivity index (χ3v) is 8.52. The number of nitrogens with zero attached hydrogens (tertiary/aromatic N) is 3. The second kappa shape index (κ2) is 13.5. The predicted octanol–water partition coefficient (Wildman–Crippen LogP) is 6.99. The van der Waals surface area contributed by atoms with Crippen molar-refractivity contribution in [2.45, 2.75) is 74.7 Å². The Kier molecular flexibility index (Phi) is 10.3. The van der Waals surface area contributed by atoms with Crippen LogP contribution < -0.4 is 10.2 Å². The molecule has 2 saturated heterocycles. The lowest BCUT2D eigenvalue weighted by Crippen LogP contribution is -2.45. The van der Waals surface area contributed by atoms with Gasteiger partial charge in [-0.3, -0.25) is 4.79 Å². The van der Waals surface area contributed by atoms with E-state index >= 15 is 0 Å². The van der Waals surface area contributed by atoms with Gasteiger partial charge in [0.05, 0.1) is 0 Å². The fraction of sp³-hybridized carbons (Fsp3) is 0.581. The van der Waals surface area contributed by atoms with E-state index in [1.165, 1.54) is 23.4 Å². The first kappa shape index (κ1) is 30.6. The molecule has 9 heteroatoms. The molecular formula is C31H43F3N4OS. The monoisotopic (exact) mass is 576 g/mol. The lowest BCUT2D eigenvalue weighted by Gasteiger charge is -2.34. The van der Waals surface area contributed by atoms with Gasteiger partial charge in [0.2, 0.25) is 5.91 Å². The van der Waals surface area contributed by atoms with Crippen molar-refractivity contribution in [1.82, 2.24) is 9.80 Å². The second-order valence-corrected chi connectivity index (χ2v) is 13.1. The summed E-state index contributed by atoms with van der Waals surface area (Å²) in [6.07, 6.45) is 4.37. The summed E-state index contributed by atoms with van der Waals surface area (Å²) >= 11 is -0.108. The summed E-state index contributed by atoms with van der Waals surface area (Å²) in [4.78, 5) is 20.1. The molecule has 40 heavy (non-hydrogen) atoms. The van der Waals surface area contributed by atoms with E-state index in [2.05, 4.69) is 60.2 Å². The van der Waals surface area contributed by atoms with Crippen molar-refractivity contribution < 1.29 is 18.0 Å². The second-order valence-electron chi connectivity index (χ2n) is 12.0. The molecule has 1 N–H and O–H groups in total. The average molecular weight is 577 g/mol. The van der Waals surface area contributed by atoms with Crippen LogP contribution in [0.4, 0.5) is 24.5 Å². The van der Waals surface area contributed by atoms with Gasteiger partial charge in [0, 0.05) is 61.5 Å². The SMILES string of the molecule is CC(C)(C)c1ccc(N2CCCN(CCCC(=O)N3CCCC(Nc4ccc(SC(F)(F)F)cc4)C3)CC2)cc1. The van der Waals surface area contributed by atoms with Gasteiger partial charge in [0.15, 0.2) is 0 Å². The number of alkyl halides is 3. The van der Waals surface area contributed by atoms with Crippen LogP contribution in [-0.2, 0) is 10.2 Å². The zero-order valence-corrected chi connectivity index (χ0v) is 24.8. The summed E-state index contributed by atoms with van der Waals surface area (Å²) in [6.45, 7) is 13.2. The molecule has 2 aromatic carbocycles. The zero-order valence-electron chi connectivity index (χ0n) is 24.0. The highest BCUT2D eigenvalue weighted by atomic mass is 32.2. The fourth-order valence-corrected chi connectivity index (χ4v) is 6.09. The molecule has 0 aromatic heterocycles. The summed E-state index contributed by atoms with van der Waals surface area (Å²) in [7, 11) is 0. The molecule has 2 aromatic rings. The number of hydrogen-bond donors (Lipinski definition) is 1. The van der Waals surface area contributed by atoms with E-state index in [9.17, 15) is 18.0 Å². The van der Waals surface area contributed by atoms with Crippen LogP contribution in [0.1, 0.15) is 58.4 Å². The Labute approximate surface area is 241 Å². The maximum absolute atomic E-state index is 13.0. The minimum atomic E-state index is -4.29. The Morgan fingerprint density at radius 2 is 1.65 bits per heavy atom. The molecule has 2 aliphatic heterocycles. The van der Waals surface area contributed by atoms with Gasteiger partial charge < -0.3 is 20.0 Å². The van der Waals surface area contributed by atoms with E-state index in [0.717, 1.165) is 70.6 Å². The van der Waals surface area contributed by atoms with Crippen molar-refractivity contribution in [2.75, 3.05) is 56.0 Å². The van der Waals surface area contributed by atoms with Gasteiger partial charge in [-0.2, -0.15) is 13.2 Å². The number of carbonyl (C=O) groups is 1. The third kappa shape index (κ3) is 9.33. The maximum Gasteiger partial charge on any atom is 0.446 e. The molecule has 0 spiro atoms. The van der Waals surface area contributed by atoms with Crippen molar-refractivity contribution >= 4 is 29.0 Å². The van der Waals surface area contributed by atoms with Gasteiger partial charge in [-0.15, -0.1) is 0 Å². The Hall–Kier alpha value is -2.39. The van der Waals surface area contributed by atoms with E-state index < -0.39 is 5.51 Å². The van der Waals surface area contributed by atoms with E-state index in [-0.39, 0.29) is 34.0 Å². The largest absolute Gasteiger partial charge is 0.446 e. The van der Waals surface area contributed by atoms with E-state index in [4.69, 9.17) is 0 Å². The number of thioether (sulfide) groups is 1. The van der Waals surface area contributed by atoms with Gasteiger partial charge in [-0.25, -0.2) is 0 Å². The van der Waals surface area contributed by atoms with Crippen molar-refractivity contribution in [3.8, 4) is 0 Å². The van der Waals surface area contributed by atoms with Crippen molar-refractivity contribution in [3.63, 3.8) is 0 Å². The summed E-state index contributed by atoms with van der Waals surface area (Å²) in [5.74, 6) is 0.193. The number of carbonyl (C=O) groups excluding carboxylic acids is 1. The van der Waals surface area contributed by atoms with Crippen LogP contribution in [-0.4, -0.2) is 73.1 Å². The number of amides is 1. The van der Waals surface area contributed by atoms with Crippen LogP contribution in [0, 0.1) is 0 Å². The lowest BCUT2D eigenvalue weighted by molar-refractivity contribution is -0.132. The van der Waals surface area contributed by atoms with E-state index in [0.29, 0.717) is 13.0 Å². The lowest BCUT2D eigenvalue weighted by atomic mass is 9.87. The fourth-order valence-electron chi connectivity index (χ4n) is 5.55. The van der Waals surface area contributed by atoms with E-state index in [1.807, 2.05) is 4.90 Å². The third-order valence-electron chi connectivity index (χ3n) is 7.78. The summed E-state index contributed by atoms with van der Waals surface area (Å²) in [5.41, 5.74) is -0.705. The first-order chi connectivity index (χ1) is 19.0. The van der Waals surface area contributed by atoms with Crippen LogP contribution in [0.5, 0.6) is 0 Å². The molecule has 5 nitrogen and oxygen atoms in total. The van der Waals surface area contributed by atoms with Gasteiger partial charge in [-0.05, 0) is 97.9 Å². The summed E-state index contributed by atoms with van der Waals surface area (Å²) < 4.78 is 37.7. The maximum atomic E-state index is 13.0. The smallest absolute Gasteiger partial charge is 0.381 e. The number of piperidine rings is 1. The topological polar surface area (TPSA) is 38.8 Å². The Balaban J connectivity index is 1.18.